The molecule has 142 valence electrons. The Labute approximate surface area is 166 Å². The van der Waals surface area contributed by atoms with Gasteiger partial charge in [0.1, 0.15) is 17.1 Å². The molecule has 0 aromatic carbocycles. The number of nitrogens with one attached hydrogen (secondary N) is 2. The standard InChI is InChI=1S/C20H19ClN6O/c1-23-19-17(18(22)28)14(25-26-19)7-6-12-13(21)8-15(10-2-3-10)27-16(12)9-24-20(27)11-4-5-11/h8-11H,2-5H2,1H3,(H2,22,28)(H2,23,25,26). The van der Waals surface area contributed by atoms with Crippen molar-refractivity contribution >= 4 is 28.8 Å². The zero-order chi connectivity index (χ0) is 19.4. The van der Waals surface area contributed by atoms with Crippen molar-refractivity contribution in [1.82, 2.24) is 19.6 Å². The first kappa shape index (κ1) is 17.1. The predicted molar refractivity (Wildman–Crippen MR) is 107 cm³/mol. The number of halogens is 1. The van der Waals surface area contributed by atoms with Gasteiger partial charge < -0.3 is 11.1 Å². The number of pyridine rings is 1. The number of carbonyl (C=O) groups is 1. The molecule has 7 nitrogen and oxygen atoms in total. The molecule has 2 saturated carbocycles. The first-order valence-electron chi connectivity index (χ1n) is 9.36. The lowest BCUT2D eigenvalue weighted by molar-refractivity contribution is 0.100. The summed E-state index contributed by atoms with van der Waals surface area (Å²) >= 11 is 6.61. The highest BCUT2D eigenvalue weighted by molar-refractivity contribution is 6.32. The number of aromatic nitrogens is 4. The molecule has 0 atom stereocenters. The Bertz CT molecular complexity index is 1170. The molecule has 1 amide bonds. The van der Waals surface area contributed by atoms with Gasteiger partial charge in [-0.1, -0.05) is 17.5 Å². The molecule has 3 aromatic heterocycles. The number of amides is 1. The molecule has 3 aromatic rings. The Kier molecular flexibility index (Phi) is 3.84. The summed E-state index contributed by atoms with van der Waals surface area (Å²) in [6.45, 7) is 0. The maximum Gasteiger partial charge on any atom is 0.255 e. The summed E-state index contributed by atoms with van der Waals surface area (Å²) < 4.78 is 2.24. The number of anilines is 1. The molecule has 0 aliphatic heterocycles. The van der Waals surface area contributed by atoms with E-state index in [1.807, 2.05) is 12.3 Å². The van der Waals surface area contributed by atoms with Crippen LogP contribution in [0.3, 0.4) is 0 Å². The van der Waals surface area contributed by atoms with Gasteiger partial charge in [0.05, 0.1) is 22.3 Å². The number of carbonyl (C=O) groups excluding carboxylic acids is 1. The van der Waals surface area contributed by atoms with Gasteiger partial charge in [-0.25, -0.2) is 4.98 Å². The van der Waals surface area contributed by atoms with Gasteiger partial charge in [0, 0.05) is 18.7 Å². The molecular weight excluding hydrogens is 376 g/mol. The number of nitrogens with zero attached hydrogens (tertiary/aromatic N) is 3. The smallest absolute Gasteiger partial charge is 0.255 e. The molecule has 4 N–H and O–H groups in total. The SMILES string of the molecule is CNc1n[nH]c(C#Cc2c(Cl)cc(C3CC3)n3c(C4CC4)ncc23)c1C(N)=O. The second-order valence-corrected chi connectivity index (χ2v) is 7.77. The topological polar surface area (TPSA) is 101 Å². The van der Waals surface area contributed by atoms with E-state index in [1.165, 1.54) is 31.4 Å². The van der Waals surface area contributed by atoms with Crippen molar-refractivity contribution in [3.8, 4) is 11.8 Å². The monoisotopic (exact) mass is 394 g/mol. The lowest BCUT2D eigenvalue weighted by atomic mass is 10.1. The van der Waals surface area contributed by atoms with Crippen molar-refractivity contribution < 1.29 is 4.79 Å². The number of H-pyrrole nitrogens is 1. The number of aromatic amines is 1. The Morgan fingerprint density at radius 3 is 2.71 bits per heavy atom. The Morgan fingerprint density at radius 2 is 2.07 bits per heavy atom. The molecule has 5 rings (SSSR count). The van der Waals surface area contributed by atoms with Crippen LogP contribution < -0.4 is 11.1 Å². The molecule has 3 heterocycles. The van der Waals surface area contributed by atoms with E-state index < -0.39 is 5.91 Å². The van der Waals surface area contributed by atoms with E-state index in [-0.39, 0.29) is 5.56 Å². The lowest BCUT2D eigenvalue weighted by Crippen LogP contribution is -2.13. The zero-order valence-corrected chi connectivity index (χ0v) is 16.1. The van der Waals surface area contributed by atoms with Crippen molar-refractivity contribution in [3.05, 3.63) is 45.6 Å². The third kappa shape index (κ3) is 2.72. The minimum atomic E-state index is -0.594. The highest BCUT2D eigenvalue weighted by atomic mass is 35.5. The van der Waals surface area contributed by atoms with Gasteiger partial charge in [-0.2, -0.15) is 5.10 Å². The number of fused-ring (bicyclic) bond motifs is 1. The van der Waals surface area contributed by atoms with Gasteiger partial charge in [-0.05, 0) is 43.6 Å². The molecular formula is C20H19ClN6O. The van der Waals surface area contributed by atoms with Crippen molar-refractivity contribution in [1.29, 1.82) is 0 Å². The van der Waals surface area contributed by atoms with Gasteiger partial charge in [0.2, 0.25) is 0 Å². The van der Waals surface area contributed by atoms with Crippen LogP contribution in [0.5, 0.6) is 0 Å². The molecule has 0 unspecified atom stereocenters. The highest BCUT2D eigenvalue weighted by Crippen LogP contribution is 2.45. The molecule has 0 bridgehead atoms. The van der Waals surface area contributed by atoms with Crippen molar-refractivity contribution in [2.75, 3.05) is 12.4 Å². The fraction of sp³-hybridized carbons (Fsp3) is 0.350. The third-order valence-corrected chi connectivity index (χ3v) is 5.62. The first-order chi connectivity index (χ1) is 13.6. The van der Waals surface area contributed by atoms with E-state index >= 15 is 0 Å². The van der Waals surface area contributed by atoms with E-state index in [9.17, 15) is 4.79 Å². The Balaban J connectivity index is 1.67. The average molecular weight is 395 g/mol. The average Bonchev–Trinajstić information content (AvgIpc) is 3.60. The quantitative estimate of drug-likeness (QED) is 0.592. The maximum atomic E-state index is 11.8. The first-order valence-corrected chi connectivity index (χ1v) is 9.74. The molecule has 0 radical (unpaired) electrons. The molecule has 28 heavy (non-hydrogen) atoms. The van der Waals surface area contributed by atoms with E-state index in [1.54, 1.807) is 7.05 Å². The van der Waals surface area contributed by atoms with Gasteiger partial charge in [-0.3, -0.25) is 14.3 Å². The summed E-state index contributed by atoms with van der Waals surface area (Å²) in [5.74, 6) is 8.05. The van der Waals surface area contributed by atoms with Crippen molar-refractivity contribution in [2.24, 2.45) is 5.73 Å². The number of primary amides is 1. The number of rotatable bonds is 4. The number of hydrogen-bond acceptors (Lipinski definition) is 4. The number of nitrogens with two attached hydrogens (primary N) is 1. The van der Waals surface area contributed by atoms with Crippen LogP contribution in [0.25, 0.3) is 5.52 Å². The van der Waals surface area contributed by atoms with Crippen LogP contribution in [0.4, 0.5) is 5.82 Å². The minimum absolute atomic E-state index is 0.240. The third-order valence-electron chi connectivity index (χ3n) is 5.32. The Morgan fingerprint density at radius 1 is 1.32 bits per heavy atom. The largest absolute Gasteiger partial charge is 0.371 e. The molecule has 0 saturated heterocycles. The van der Waals surface area contributed by atoms with E-state index in [0.717, 1.165) is 11.3 Å². The summed E-state index contributed by atoms with van der Waals surface area (Å²) in [6.07, 6.45) is 6.57. The maximum absolute atomic E-state index is 11.8. The molecule has 2 fully saturated rings. The van der Waals surface area contributed by atoms with E-state index in [0.29, 0.717) is 33.9 Å². The van der Waals surface area contributed by atoms with E-state index in [2.05, 4.69) is 36.7 Å². The predicted octanol–water partition coefficient (Wildman–Crippen LogP) is 3.01. The van der Waals surface area contributed by atoms with Crippen LogP contribution in [0.15, 0.2) is 12.3 Å². The van der Waals surface area contributed by atoms with Gasteiger partial charge in [0.15, 0.2) is 5.82 Å². The van der Waals surface area contributed by atoms with Crippen LogP contribution in [0.2, 0.25) is 5.02 Å². The van der Waals surface area contributed by atoms with Crippen LogP contribution in [-0.2, 0) is 0 Å². The van der Waals surface area contributed by atoms with Crippen LogP contribution in [0, 0.1) is 11.8 Å². The molecule has 2 aliphatic rings. The van der Waals surface area contributed by atoms with Crippen LogP contribution in [-0.4, -0.2) is 32.5 Å². The van der Waals surface area contributed by atoms with Crippen molar-refractivity contribution in [3.63, 3.8) is 0 Å². The number of hydrogen-bond donors (Lipinski definition) is 3. The lowest BCUT2D eigenvalue weighted by Gasteiger charge is -2.10. The summed E-state index contributed by atoms with van der Waals surface area (Å²) in [7, 11) is 1.67. The van der Waals surface area contributed by atoms with Gasteiger partial charge in [-0.15, -0.1) is 0 Å². The number of imidazole rings is 1. The van der Waals surface area contributed by atoms with E-state index in [4.69, 9.17) is 17.3 Å². The normalized spacial score (nSPS) is 16.1. The second-order valence-electron chi connectivity index (χ2n) is 7.36. The second kappa shape index (κ2) is 6.28. The van der Waals surface area contributed by atoms with Gasteiger partial charge in [0.25, 0.3) is 5.91 Å². The zero-order valence-electron chi connectivity index (χ0n) is 15.3. The summed E-state index contributed by atoms with van der Waals surface area (Å²) in [4.78, 5) is 16.5. The van der Waals surface area contributed by atoms with Gasteiger partial charge >= 0.3 is 0 Å². The highest BCUT2D eigenvalue weighted by Gasteiger charge is 2.33. The van der Waals surface area contributed by atoms with Crippen LogP contribution in [0.1, 0.15) is 70.7 Å². The molecule has 0 spiro atoms. The fourth-order valence-corrected chi connectivity index (χ4v) is 3.87. The minimum Gasteiger partial charge on any atom is -0.371 e. The molecule has 8 heteroatoms. The van der Waals surface area contributed by atoms with Crippen molar-refractivity contribution in [2.45, 2.75) is 37.5 Å². The van der Waals surface area contributed by atoms with Crippen LogP contribution >= 0.6 is 11.6 Å². The summed E-state index contributed by atoms with van der Waals surface area (Å²) in [5.41, 5.74) is 8.92. The summed E-state index contributed by atoms with van der Waals surface area (Å²) in [6, 6.07) is 2.02. The summed E-state index contributed by atoms with van der Waals surface area (Å²) in [5, 5.41) is 10.2. The molecule has 2 aliphatic carbocycles. The Hall–Kier alpha value is -2.98. The fourth-order valence-electron chi connectivity index (χ4n) is 3.61.